The van der Waals surface area contributed by atoms with Gasteiger partial charge in [-0.2, -0.15) is 0 Å². The van der Waals surface area contributed by atoms with Gasteiger partial charge in [0.25, 0.3) is 5.91 Å². The quantitative estimate of drug-likeness (QED) is 0.748. The van der Waals surface area contributed by atoms with Crippen molar-refractivity contribution >= 4 is 16.8 Å². The van der Waals surface area contributed by atoms with Crippen LogP contribution in [0.15, 0.2) is 42.5 Å². The molecule has 5 heteroatoms. The summed E-state index contributed by atoms with van der Waals surface area (Å²) in [7, 11) is 3.15. The van der Waals surface area contributed by atoms with Gasteiger partial charge in [-0.1, -0.05) is 18.2 Å². The third-order valence-corrected chi connectivity index (χ3v) is 5.07. The van der Waals surface area contributed by atoms with E-state index in [1.165, 1.54) is 10.9 Å². The molecule has 2 aromatic carbocycles. The van der Waals surface area contributed by atoms with Crippen LogP contribution in [0.3, 0.4) is 0 Å². The molecule has 1 heterocycles. The highest BCUT2D eigenvalue weighted by atomic mass is 16.5. The molecule has 0 aliphatic heterocycles. The van der Waals surface area contributed by atoms with Crippen molar-refractivity contribution in [3.63, 3.8) is 0 Å². The Labute approximate surface area is 152 Å². The van der Waals surface area contributed by atoms with Crippen molar-refractivity contribution in [2.75, 3.05) is 14.2 Å². The first-order valence-corrected chi connectivity index (χ1v) is 8.83. The van der Waals surface area contributed by atoms with Crippen LogP contribution in [-0.2, 0) is 6.42 Å². The average molecular weight is 350 g/mol. The van der Waals surface area contributed by atoms with E-state index >= 15 is 0 Å². The number of hydrogen-bond donors (Lipinski definition) is 2. The minimum absolute atomic E-state index is 0.00764. The van der Waals surface area contributed by atoms with Crippen LogP contribution in [0.1, 0.15) is 40.5 Å². The monoisotopic (exact) mass is 350 g/mol. The van der Waals surface area contributed by atoms with E-state index < -0.39 is 0 Å². The number of fused-ring (bicyclic) bond motifs is 3. The molecule has 1 aliphatic rings. The van der Waals surface area contributed by atoms with Crippen LogP contribution >= 0.6 is 0 Å². The molecule has 0 saturated heterocycles. The molecule has 2 N–H and O–H groups in total. The zero-order valence-corrected chi connectivity index (χ0v) is 15.0. The summed E-state index contributed by atoms with van der Waals surface area (Å²) in [6.07, 6.45) is 3.03. The van der Waals surface area contributed by atoms with Gasteiger partial charge in [0, 0.05) is 22.2 Å². The van der Waals surface area contributed by atoms with Crippen LogP contribution in [-0.4, -0.2) is 25.1 Å². The highest BCUT2D eigenvalue weighted by molar-refractivity contribution is 5.95. The molecule has 134 valence electrons. The highest BCUT2D eigenvalue weighted by Gasteiger charge is 2.26. The van der Waals surface area contributed by atoms with Crippen LogP contribution < -0.4 is 14.8 Å². The van der Waals surface area contributed by atoms with Gasteiger partial charge in [-0.3, -0.25) is 4.79 Å². The zero-order valence-electron chi connectivity index (χ0n) is 15.0. The van der Waals surface area contributed by atoms with E-state index in [4.69, 9.17) is 9.47 Å². The molecular weight excluding hydrogens is 328 g/mol. The van der Waals surface area contributed by atoms with Crippen molar-refractivity contribution in [3.05, 3.63) is 59.3 Å². The van der Waals surface area contributed by atoms with Gasteiger partial charge in [-0.15, -0.1) is 0 Å². The van der Waals surface area contributed by atoms with Crippen molar-refractivity contribution in [2.24, 2.45) is 0 Å². The molecule has 26 heavy (non-hydrogen) atoms. The van der Waals surface area contributed by atoms with Gasteiger partial charge in [0.1, 0.15) is 0 Å². The number of para-hydroxylation sites is 1. The van der Waals surface area contributed by atoms with Gasteiger partial charge in [0.05, 0.1) is 20.3 Å². The predicted molar refractivity (Wildman–Crippen MR) is 101 cm³/mol. The Hall–Kier alpha value is -2.95. The lowest BCUT2D eigenvalue weighted by Gasteiger charge is -2.24. The molecule has 1 aliphatic carbocycles. The highest BCUT2D eigenvalue weighted by Crippen LogP contribution is 2.35. The Kier molecular flexibility index (Phi) is 4.29. The number of methoxy groups -OCH3 is 2. The fourth-order valence-electron chi connectivity index (χ4n) is 3.78. The SMILES string of the molecule is COc1ccc(C(=O)N[C@H]2CCCc3c2[nH]c2ccccc32)cc1OC. The van der Waals surface area contributed by atoms with Gasteiger partial charge in [0.15, 0.2) is 11.5 Å². The fourth-order valence-corrected chi connectivity index (χ4v) is 3.78. The van der Waals surface area contributed by atoms with Gasteiger partial charge in [-0.25, -0.2) is 0 Å². The number of hydrogen-bond acceptors (Lipinski definition) is 3. The molecule has 4 rings (SSSR count). The first-order chi connectivity index (χ1) is 12.7. The fraction of sp³-hybridized carbons (Fsp3) is 0.286. The summed E-state index contributed by atoms with van der Waals surface area (Å²) in [5.74, 6) is 1.05. The largest absolute Gasteiger partial charge is 0.493 e. The standard InChI is InChI=1S/C21H22N2O3/c1-25-18-11-10-13(12-19(18)26-2)21(24)23-17-9-5-7-15-14-6-3-4-8-16(14)22-20(15)17/h3-4,6,8,10-12,17,22H,5,7,9H2,1-2H3,(H,23,24)/t17-/m0/s1. The van der Waals surface area contributed by atoms with E-state index in [2.05, 4.69) is 28.5 Å². The molecule has 5 nitrogen and oxygen atoms in total. The molecule has 0 radical (unpaired) electrons. The molecule has 1 atom stereocenters. The number of benzene rings is 2. The second-order valence-corrected chi connectivity index (χ2v) is 6.55. The molecule has 0 fully saturated rings. The number of aromatic amines is 1. The number of amides is 1. The van der Waals surface area contributed by atoms with Crippen LogP contribution in [0.5, 0.6) is 11.5 Å². The Morgan fingerprint density at radius 2 is 1.92 bits per heavy atom. The van der Waals surface area contributed by atoms with Gasteiger partial charge < -0.3 is 19.8 Å². The van der Waals surface area contributed by atoms with Crippen LogP contribution in [0.25, 0.3) is 10.9 Å². The van der Waals surface area contributed by atoms with E-state index in [9.17, 15) is 4.79 Å². The average Bonchev–Trinajstić information content (AvgIpc) is 3.07. The summed E-state index contributed by atoms with van der Waals surface area (Å²) < 4.78 is 10.5. The Bertz CT molecular complexity index is 961. The van der Waals surface area contributed by atoms with E-state index in [1.54, 1.807) is 32.4 Å². The number of carbonyl (C=O) groups excluding carboxylic acids is 1. The van der Waals surface area contributed by atoms with Crippen LogP contribution in [0.4, 0.5) is 0 Å². The summed E-state index contributed by atoms with van der Waals surface area (Å²) in [6, 6.07) is 13.5. The van der Waals surface area contributed by atoms with Crippen molar-refractivity contribution < 1.29 is 14.3 Å². The summed E-state index contributed by atoms with van der Waals surface area (Å²) in [4.78, 5) is 16.3. The van der Waals surface area contributed by atoms with Crippen LogP contribution in [0.2, 0.25) is 0 Å². The molecule has 0 spiro atoms. The molecule has 0 unspecified atom stereocenters. The lowest BCUT2D eigenvalue weighted by atomic mass is 9.91. The van der Waals surface area contributed by atoms with Crippen molar-refractivity contribution in [2.45, 2.75) is 25.3 Å². The lowest BCUT2D eigenvalue weighted by Crippen LogP contribution is -2.31. The predicted octanol–water partition coefficient (Wildman–Crippen LogP) is 3.99. The minimum atomic E-state index is -0.109. The minimum Gasteiger partial charge on any atom is -0.493 e. The number of H-pyrrole nitrogens is 1. The van der Waals surface area contributed by atoms with Gasteiger partial charge in [-0.05, 0) is 49.1 Å². The van der Waals surface area contributed by atoms with E-state index in [-0.39, 0.29) is 11.9 Å². The number of aromatic nitrogens is 1. The maximum absolute atomic E-state index is 12.8. The number of nitrogens with one attached hydrogen (secondary N) is 2. The number of ether oxygens (including phenoxy) is 2. The van der Waals surface area contributed by atoms with Gasteiger partial charge >= 0.3 is 0 Å². The third-order valence-electron chi connectivity index (χ3n) is 5.07. The van der Waals surface area contributed by atoms with Gasteiger partial charge in [0.2, 0.25) is 0 Å². The maximum Gasteiger partial charge on any atom is 0.251 e. The first-order valence-electron chi connectivity index (χ1n) is 8.83. The Balaban J connectivity index is 1.61. The zero-order chi connectivity index (χ0) is 18.1. The maximum atomic E-state index is 12.8. The van der Waals surface area contributed by atoms with Crippen molar-refractivity contribution in [1.82, 2.24) is 10.3 Å². The smallest absolute Gasteiger partial charge is 0.251 e. The van der Waals surface area contributed by atoms with E-state index in [0.717, 1.165) is 30.5 Å². The van der Waals surface area contributed by atoms with Crippen molar-refractivity contribution in [1.29, 1.82) is 0 Å². The van der Waals surface area contributed by atoms with Crippen molar-refractivity contribution in [3.8, 4) is 11.5 Å². The van der Waals surface area contributed by atoms with E-state index in [0.29, 0.717) is 17.1 Å². The Morgan fingerprint density at radius 3 is 2.73 bits per heavy atom. The molecule has 3 aromatic rings. The summed E-state index contributed by atoms with van der Waals surface area (Å²) in [5.41, 5.74) is 4.14. The number of rotatable bonds is 4. The molecule has 1 amide bonds. The normalized spacial score (nSPS) is 16.2. The molecule has 0 bridgehead atoms. The summed E-state index contributed by atoms with van der Waals surface area (Å²) in [5, 5.41) is 4.43. The Morgan fingerprint density at radius 1 is 1.12 bits per heavy atom. The topological polar surface area (TPSA) is 63.3 Å². The summed E-state index contributed by atoms with van der Waals surface area (Å²) >= 11 is 0. The second kappa shape index (κ2) is 6.75. The van der Waals surface area contributed by atoms with E-state index in [1.807, 2.05) is 6.07 Å². The number of aryl methyl sites for hydroxylation is 1. The molecule has 1 aromatic heterocycles. The molecular formula is C21H22N2O3. The third kappa shape index (κ3) is 2.79. The first kappa shape index (κ1) is 16.5. The second-order valence-electron chi connectivity index (χ2n) is 6.55. The lowest BCUT2D eigenvalue weighted by molar-refractivity contribution is 0.0931. The number of carbonyl (C=O) groups is 1. The summed E-state index contributed by atoms with van der Waals surface area (Å²) in [6.45, 7) is 0. The molecule has 0 saturated carbocycles. The van der Waals surface area contributed by atoms with Crippen LogP contribution in [0, 0.1) is 0 Å².